The van der Waals surface area contributed by atoms with Crippen LogP contribution in [0.5, 0.6) is 11.5 Å². The zero-order chi connectivity index (χ0) is 25.9. The largest absolute Gasteiger partial charge is 0.493 e. The topological polar surface area (TPSA) is 117 Å². The lowest BCUT2D eigenvalue weighted by molar-refractivity contribution is -0.385. The van der Waals surface area contributed by atoms with E-state index in [1.54, 1.807) is 6.92 Å². The van der Waals surface area contributed by atoms with Crippen molar-refractivity contribution in [3.63, 3.8) is 0 Å². The molecule has 0 saturated carbocycles. The van der Waals surface area contributed by atoms with Gasteiger partial charge in [-0.2, -0.15) is 0 Å². The third-order valence-electron chi connectivity index (χ3n) is 6.61. The maximum absolute atomic E-state index is 13.5. The fourth-order valence-electron chi connectivity index (χ4n) is 4.99. The number of rotatable bonds is 9. The summed E-state index contributed by atoms with van der Waals surface area (Å²) in [6.07, 6.45) is 3.39. The third-order valence-corrected chi connectivity index (χ3v) is 6.61. The molecule has 9 heteroatoms. The van der Waals surface area contributed by atoms with Crippen LogP contribution in [0.1, 0.15) is 71.3 Å². The van der Waals surface area contributed by atoms with E-state index in [9.17, 15) is 19.7 Å². The molecule has 1 aromatic rings. The van der Waals surface area contributed by atoms with Gasteiger partial charge in [-0.15, -0.1) is 0 Å². The highest BCUT2D eigenvalue weighted by atomic mass is 16.6. The Morgan fingerprint density at radius 2 is 1.83 bits per heavy atom. The van der Waals surface area contributed by atoms with E-state index in [4.69, 9.17) is 14.2 Å². The summed E-state index contributed by atoms with van der Waals surface area (Å²) in [7, 11) is 2.82. The van der Waals surface area contributed by atoms with Crippen LogP contribution >= 0.6 is 0 Å². The molecule has 1 heterocycles. The first-order chi connectivity index (χ1) is 16.5. The number of hydrogen-bond acceptors (Lipinski definition) is 8. The van der Waals surface area contributed by atoms with E-state index in [2.05, 4.69) is 11.9 Å². The smallest absolute Gasteiger partial charge is 0.315 e. The number of ketones is 1. The number of hydrogen-bond donors (Lipinski definition) is 0. The Bertz CT molecular complexity index is 1090. The summed E-state index contributed by atoms with van der Waals surface area (Å²) in [6, 6.07) is 2.77. The van der Waals surface area contributed by atoms with E-state index in [1.807, 2.05) is 13.8 Å². The van der Waals surface area contributed by atoms with Crippen LogP contribution in [0.15, 0.2) is 28.4 Å². The molecule has 9 nitrogen and oxygen atoms in total. The van der Waals surface area contributed by atoms with Gasteiger partial charge in [0.25, 0.3) is 5.69 Å². The minimum absolute atomic E-state index is 0.162. The molecule has 0 fully saturated rings. The second-order valence-corrected chi connectivity index (χ2v) is 9.91. The molecule has 1 aliphatic carbocycles. The summed E-state index contributed by atoms with van der Waals surface area (Å²) in [5.74, 6) is -2.12. The maximum Gasteiger partial charge on any atom is 0.315 e. The van der Waals surface area contributed by atoms with Crippen LogP contribution in [0.3, 0.4) is 0 Å². The van der Waals surface area contributed by atoms with Gasteiger partial charge in [0.15, 0.2) is 17.3 Å². The van der Waals surface area contributed by atoms with Gasteiger partial charge >= 0.3 is 5.97 Å². The molecule has 0 saturated heterocycles. The Morgan fingerprint density at radius 1 is 1.17 bits per heavy atom. The van der Waals surface area contributed by atoms with Crippen molar-refractivity contribution in [1.29, 1.82) is 0 Å². The van der Waals surface area contributed by atoms with Crippen LogP contribution < -0.4 is 9.47 Å². The van der Waals surface area contributed by atoms with Crippen molar-refractivity contribution < 1.29 is 28.7 Å². The minimum Gasteiger partial charge on any atom is -0.493 e. The van der Waals surface area contributed by atoms with Crippen LogP contribution in [0.4, 0.5) is 5.69 Å². The minimum atomic E-state index is -0.961. The lowest BCUT2D eigenvalue weighted by Crippen LogP contribution is -2.39. The number of ether oxygens (including phenoxy) is 3. The number of carbonyl (C=O) groups is 2. The molecule has 2 atom stereocenters. The normalized spacial score (nSPS) is 21.2. The number of Topliss-reactive ketones (excluding diaryl/α,β-unsaturated/α-hetero) is 1. The molecule has 35 heavy (non-hydrogen) atoms. The van der Waals surface area contributed by atoms with Crippen LogP contribution in [0.25, 0.3) is 0 Å². The molecule has 3 rings (SSSR count). The van der Waals surface area contributed by atoms with Crippen molar-refractivity contribution >= 4 is 23.2 Å². The average Bonchev–Trinajstić information content (AvgIpc) is 2.78. The number of aliphatic imine (C=N–C) groups is 1. The number of nitro benzene ring substituents is 1. The maximum atomic E-state index is 13.5. The zero-order valence-electron chi connectivity index (χ0n) is 21.3. The second kappa shape index (κ2) is 10.6. The lowest BCUT2D eigenvalue weighted by Gasteiger charge is -2.38. The molecule has 0 N–H and O–H groups in total. The highest BCUT2D eigenvalue weighted by molar-refractivity contribution is 6.09. The fourth-order valence-corrected chi connectivity index (χ4v) is 4.99. The first-order valence-corrected chi connectivity index (χ1v) is 11.9. The van der Waals surface area contributed by atoms with Gasteiger partial charge in [0.2, 0.25) is 0 Å². The van der Waals surface area contributed by atoms with Gasteiger partial charge in [0.05, 0.1) is 31.8 Å². The number of allylic oxidation sites excluding steroid dienone is 2. The average molecular weight is 487 g/mol. The molecule has 0 radical (unpaired) electrons. The van der Waals surface area contributed by atoms with Crippen LogP contribution in [-0.4, -0.2) is 43.2 Å². The second-order valence-electron chi connectivity index (χ2n) is 9.91. The Hall–Kier alpha value is -3.23. The monoisotopic (exact) mass is 486 g/mol. The Labute approximate surface area is 205 Å². The molecule has 0 aromatic heterocycles. The molecule has 1 aromatic carbocycles. The molecular formula is C26H34N2O7. The lowest BCUT2D eigenvalue weighted by atomic mass is 9.66. The van der Waals surface area contributed by atoms with Crippen molar-refractivity contribution in [2.24, 2.45) is 16.3 Å². The van der Waals surface area contributed by atoms with Gasteiger partial charge in [-0.25, -0.2) is 0 Å². The van der Waals surface area contributed by atoms with Gasteiger partial charge in [0.1, 0.15) is 5.92 Å². The summed E-state index contributed by atoms with van der Waals surface area (Å²) >= 11 is 0. The Kier molecular flexibility index (Phi) is 7.97. The molecule has 0 amide bonds. The zero-order valence-corrected chi connectivity index (χ0v) is 21.3. The molecule has 2 aliphatic rings. The summed E-state index contributed by atoms with van der Waals surface area (Å²) < 4.78 is 16.3. The number of esters is 1. The van der Waals surface area contributed by atoms with Gasteiger partial charge in [-0.3, -0.25) is 24.7 Å². The van der Waals surface area contributed by atoms with E-state index < -0.39 is 22.7 Å². The summed E-state index contributed by atoms with van der Waals surface area (Å²) in [5.41, 5.74) is 1.05. The van der Waals surface area contributed by atoms with E-state index in [-0.39, 0.29) is 47.0 Å². The number of nitro groups is 1. The van der Waals surface area contributed by atoms with Crippen molar-refractivity contribution in [2.75, 3.05) is 20.8 Å². The number of carbonyl (C=O) groups excluding carboxylic acids is 2. The first-order valence-electron chi connectivity index (χ1n) is 11.9. The van der Waals surface area contributed by atoms with Crippen molar-refractivity contribution in [1.82, 2.24) is 0 Å². The van der Waals surface area contributed by atoms with Crippen molar-refractivity contribution in [3.05, 3.63) is 39.1 Å². The first kappa shape index (κ1) is 26.4. The molecular weight excluding hydrogens is 452 g/mol. The standard InChI is InChI=1S/C26H34N2O7/c1-7-8-9-10-35-25(30)22-15(2)27-17-13-26(3,4)14-19(29)24(17)23(22)16-11-20(33-5)21(34-6)12-18(16)28(31)32/h11-12,22-23H,7-10,13-14H2,1-6H3/t22?,23-/m1/s1. The molecule has 0 bridgehead atoms. The Morgan fingerprint density at radius 3 is 2.43 bits per heavy atom. The fraction of sp³-hybridized carbons (Fsp3) is 0.577. The van der Waals surface area contributed by atoms with E-state index in [0.29, 0.717) is 29.8 Å². The predicted octanol–water partition coefficient (Wildman–Crippen LogP) is 5.16. The SMILES string of the molecule is CCCCCOC(=O)C1C(C)=NC2=C(C(=O)CC(C)(C)C2)[C@@H]1c1cc(OC)c(OC)cc1[N+](=O)[O-]. The Balaban J connectivity index is 2.22. The number of unbranched alkanes of at least 4 members (excludes halogenated alkanes) is 2. The summed E-state index contributed by atoms with van der Waals surface area (Å²) in [4.78, 5) is 43.1. The third kappa shape index (κ3) is 5.39. The number of benzene rings is 1. The van der Waals surface area contributed by atoms with Gasteiger partial charge < -0.3 is 14.2 Å². The molecule has 0 spiro atoms. The van der Waals surface area contributed by atoms with Gasteiger partial charge in [-0.05, 0) is 31.2 Å². The van der Waals surface area contributed by atoms with E-state index in [0.717, 1.165) is 12.8 Å². The summed E-state index contributed by atoms with van der Waals surface area (Å²) in [6.45, 7) is 7.98. The van der Waals surface area contributed by atoms with Crippen LogP contribution in [0.2, 0.25) is 0 Å². The van der Waals surface area contributed by atoms with Crippen molar-refractivity contribution in [3.8, 4) is 11.5 Å². The summed E-state index contributed by atoms with van der Waals surface area (Å²) in [5, 5.41) is 12.1. The van der Waals surface area contributed by atoms with Crippen molar-refractivity contribution in [2.45, 2.75) is 65.7 Å². The number of nitrogens with zero attached hydrogens (tertiary/aromatic N) is 2. The van der Waals surface area contributed by atoms with Gasteiger partial charge in [-0.1, -0.05) is 33.6 Å². The highest BCUT2D eigenvalue weighted by Crippen LogP contribution is 2.51. The number of methoxy groups -OCH3 is 2. The molecule has 1 aliphatic heterocycles. The van der Waals surface area contributed by atoms with E-state index >= 15 is 0 Å². The molecule has 1 unspecified atom stereocenters. The van der Waals surface area contributed by atoms with Gasteiger partial charge in [0, 0.05) is 34.9 Å². The highest BCUT2D eigenvalue weighted by Gasteiger charge is 2.48. The molecule has 190 valence electrons. The van der Waals surface area contributed by atoms with E-state index in [1.165, 1.54) is 26.4 Å². The quantitative estimate of drug-likeness (QED) is 0.205. The predicted molar refractivity (Wildman–Crippen MR) is 131 cm³/mol. The van der Waals surface area contributed by atoms with Crippen LogP contribution in [0, 0.1) is 21.4 Å². The van der Waals surface area contributed by atoms with Crippen LogP contribution in [-0.2, 0) is 14.3 Å².